The Kier molecular flexibility index (Phi) is 4.74. The number of rotatable bonds is 5. The van der Waals surface area contributed by atoms with Crippen LogP contribution in [0.1, 0.15) is 39.5 Å². The first kappa shape index (κ1) is 13.5. The summed E-state index contributed by atoms with van der Waals surface area (Å²) in [5, 5.41) is 12.6. The Hall–Kier alpha value is -0.610. The first-order chi connectivity index (χ1) is 7.50. The van der Waals surface area contributed by atoms with Gasteiger partial charge in [0, 0.05) is 7.11 Å². The molecule has 0 saturated heterocycles. The molecular weight excluding hydrogens is 206 g/mol. The van der Waals surface area contributed by atoms with E-state index in [-0.39, 0.29) is 6.10 Å². The van der Waals surface area contributed by atoms with Gasteiger partial charge in [0.15, 0.2) is 0 Å². The molecule has 0 spiro atoms. The van der Waals surface area contributed by atoms with Crippen LogP contribution in [0.15, 0.2) is 0 Å². The van der Waals surface area contributed by atoms with Gasteiger partial charge in [-0.2, -0.15) is 0 Å². The van der Waals surface area contributed by atoms with E-state index in [2.05, 4.69) is 19.2 Å². The second-order valence-corrected chi connectivity index (χ2v) is 5.10. The van der Waals surface area contributed by atoms with Crippen LogP contribution < -0.4 is 5.32 Å². The number of aliphatic carboxylic acids is 1. The molecular formula is C12H23NO3. The van der Waals surface area contributed by atoms with Crippen molar-refractivity contribution in [3.05, 3.63) is 0 Å². The molecule has 4 heteroatoms. The lowest BCUT2D eigenvalue weighted by Gasteiger charge is -2.37. The quantitative estimate of drug-likeness (QED) is 0.752. The van der Waals surface area contributed by atoms with Crippen molar-refractivity contribution in [1.82, 2.24) is 5.32 Å². The number of carbonyl (C=O) groups is 1. The predicted molar refractivity (Wildman–Crippen MR) is 62.5 cm³/mol. The molecule has 0 bridgehead atoms. The van der Waals surface area contributed by atoms with Crippen molar-refractivity contribution in [2.45, 2.75) is 51.2 Å². The molecule has 0 heterocycles. The monoisotopic (exact) mass is 229 g/mol. The van der Waals surface area contributed by atoms with E-state index in [9.17, 15) is 9.90 Å². The van der Waals surface area contributed by atoms with Crippen LogP contribution in [0.3, 0.4) is 0 Å². The topological polar surface area (TPSA) is 58.6 Å². The number of hydrogen-bond donors (Lipinski definition) is 2. The standard InChI is InChI=1S/C12H23NO3/c1-9(2)8-13-12(11(14)15)6-4-10(16-3)5-7-12/h9-10,13H,4-8H2,1-3H3,(H,14,15). The molecule has 0 aliphatic heterocycles. The van der Waals surface area contributed by atoms with E-state index in [4.69, 9.17) is 4.74 Å². The lowest BCUT2D eigenvalue weighted by atomic mass is 9.80. The van der Waals surface area contributed by atoms with Crippen molar-refractivity contribution in [3.8, 4) is 0 Å². The van der Waals surface area contributed by atoms with E-state index in [1.54, 1.807) is 7.11 Å². The highest BCUT2D eigenvalue weighted by Gasteiger charge is 2.41. The maximum absolute atomic E-state index is 11.4. The van der Waals surface area contributed by atoms with E-state index < -0.39 is 11.5 Å². The van der Waals surface area contributed by atoms with E-state index in [0.717, 1.165) is 19.4 Å². The molecule has 0 amide bonds. The molecule has 1 saturated carbocycles. The molecule has 0 aromatic carbocycles. The van der Waals surface area contributed by atoms with E-state index >= 15 is 0 Å². The van der Waals surface area contributed by atoms with Crippen molar-refractivity contribution in [1.29, 1.82) is 0 Å². The second kappa shape index (κ2) is 5.64. The molecule has 4 nitrogen and oxygen atoms in total. The van der Waals surface area contributed by atoms with Gasteiger partial charge in [0.1, 0.15) is 5.54 Å². The average molecular weight is 229 g/mol. The fourth-order valence-electron chi connectivity index (χ4n) is 2.19. The van der Waals surface area contributed by atoms with E-state index in [1.807, 2.05) is 0 Å². The number of carboxylic acids is 1. The Morgan fingerprint density at radius 1 is 1.50 bits per heavy atom. The highest BCUT2D eigenvalue weighted by Crippen LogP contribution is 2.30. The number of ether oxygens (including phenoxy) is 1. The number of hydrogen-bond acceptors (Lipinski definition) is 3. The molecule has 1 aliphatic rings. The highest BCUT2D eigenvalue weighted by atomic mass is 16.5. The zero-order chi connectivity index (χ0) is 12.2. The van der Waals surface area contributed by atoms with Gasteiger partial charge in [0.25, 0.3) is 0 Å². The van der Waals surface area contributed by atoms with Crippen LogP contribution >= 0.6 is 0 Å². The number of nitrogens with one attached hydrogen (secondary N) is 1. The minimum absolute atomic E-state index is 0.230. The lowest BCUT2D eigenvalue weighted by molar-refractivity contribution is -0.147. The maximum Gasteiger partial charge on any atom is 0.323 e. The highest BCUT2D eigenvalue weighted by molar-refractivity contribution is 5.79. The zero-order valence-electron chi connectivity index (χ0n) is 10.5. The van der Waals surface area contributed by atoms with Gasteiger partial charge in [-0.1, -0.05) is 13.8 Å². The van der Waals surface area contributed by atoms with Crippen LogP contribution in [-0.2, 0) is 9.53 Å². The van der Waals surface area contributed by atoms with Gasteiger partial charge >= 0.3 is 5.97 Å². The summed E-state index contributed by atoms with van der Waals surface area (Å²) in [4.78, 5) is 11.4. The van der Waals surface area contributed by atoms with Crippen LogP contribution in [0.2, 0.25) is 0 Å². The SMILES string of the molecule is COC1CCC(NCC(C)C)(C(=O)O)CC1. The van der Waals surface area contributed by atoms with Crippen molar-refractivity contribution in [3.63, 3.8) is 0 Å². The fraction of sp³-hybridized carbons (Fsp3) is 0.917. The molecule has 0 aromatic heterocycles. The van der Waals surface area contributed by atoms with Gasteiger partial charge in [0.05, 0.1) is 6.10 Å². The second-order valence-electron chi connectivity index (χ2n) is 5.10. The largest absolute Gasteiger partial charge is 0.480 e. The molecule has 0 atom stereocenters. The molecule has 2 N–H and O–H groups in total. The summed E-state index contributed by atoms with van der Waals surface area (Å²) in [5.74, 6) is -0.251. The third-order valence-corrected chi connectivity index (χ3v) is 3.38. The summed E-state index contributed by atoms with van der Waals surface area (Å²) in [5.41, 5.74) is -0.723. The third-order valence-electron chi connectivity index (χ3n) is 3.38. The Balaban J connectivity index is 2.58. The lowest BCUT2D eigenvalue weighted by Crippen LogP contribution is -2.55. The summed E-state index contributed by atoms with van der Waals surface area (Å²) in [6, 6.07) is 0. The molecule has 16 heavy (non-hydrogen) atoms. The molecule has 0 unspecified atom stereocenters. The minimum atomic E-state index is -0.723. The first-order valence-electron chi connectivity index (χ1n) is 6.01. The van der Waals surface area contributed by atoms with Crippen LogP contribution in [-0.4, -0.2) is 36.4 Å². The zero-order valence-corrected chi connectivity index (χ0v) is 10.5. The van der Waals surface area contributed by atoms with Gasteiger partial charge in [-0.05, 0) is 38.1 Å². The van der Waals surface area contributed by atoms with E-state index in [1.165, 1.54) is 0 Å². The third kappa shape index (κ3) is 3.19. The van der Waals surface area contributed by atoms with Crippen molar-refractivity contribution < 1.29 is 14.6 Å². The molecule has 0 aromatic rings. The summed E-state index contributed by atoms with van der Waals surface area (Å²) < 4.78 is 5.27. The first-order valence-corrected chi connectivity index (χ1v) is 6.01. The van der Waals surface area contributed by atoms with Crippen LogP contribution in [0.4, 0.5) is 0 Å². The van der Waals surface area contributed by atoms with Gasteiger partial charge in [-0.25, -0.2) is 0 Å². The molecule has 1 rings (SSSR count). The summed E-state index contributed by atoms with van der Waals surface area (Å²) in [6.07, 6.45) is 3.21. The summed E-state index contributed by atoms with van der Waals surface area (Å²) in [6.45, 7) is 4.93. The number of carboxylic acid groups (broad SMARTS) is 1. The van der Waals surface area contributed by atoms with Gasteiger partial charge in [-0.3, -0.25) is 4.79 Å². The smallest absolute Gasteiger partial charge is 0.323 e. The molecule has 1 aliphatic carbocycles. The van der Waals surface area contributed by atoms with Crippen LogP contribution in [0.25, 0.3) is 0 Å². The minimum Gasteiger partial charge on any atom is -0.480 e. The average Bonchev–Trinajstić information content (AvgIpc) is 2.26. The fourth-order valence-corrected chi connectivity index (χ4v) is 2.19. The van der Waals surface area contributed by atoms with Gasteiger partial charge in [-0.15, -0.1) is 0 Å². The van der Waals surface area contributed by atoms with Crippen LogP contribution in [0.5, 0.6) is 0 Å². The maximum atomic E-state index is 11.4. The van der Waals surface area contributed by atoms with Crippen molar-refractivity contribution in [2.24, 2.45) is 5.92 Å². The predicted octanol–water partition coefficient (Wildman–Crippen LogP) is 1.64. The van der Waals surface area contributed by atoms with E-state index in [0.29, 0.717) is 18.8 Å². The van der Waals surface area contributed by atoms with Crippen molar-refractivity contribution in [2.75, 3.05) is 13.7 Å². The molecule has 0 radical (unpaired) electrons. The van der Waals surface area contributed by atoms with Crippen molar-refractivity contribution >= 4 is 5.97 Å². The Bertz CT molecular complexity index is 232. The van der Waals surface area contributed by atoms with Crippen LogP contribution in [0, 0.1) is 5.92 Å². The normalized spacial score (nSPS) is 30.6. The Labute approximate surface area is 97.4 Å². The summed E-state index contributed by atoms with van der Waals surface area (Å²) in [7, 11) is 1.69. The Morgan fingerprint density at radius 2 is 2.06 bits per heavy atom. The Morgan fingerprint density at radius 3 is 2.44 bits per heavy atom. The van der Waals surface area contributed by atoms with Gasteiger partial charge in [0.2, 0.25) is 0 Å². The molecule has 1 fully saturated rings. The summed E-state index contributed by atoms with van der Waals surface area (Å²) >= 11 is 0. The number of methoxy groups -OCH3 is 1. The van der Waals surface area contributed by atoms with Gasteiger partial charge < -0.3 is 15.2 Å². The molecule has 94 valence electrons.